The van der Waals surface area contributed by atoms with Gasteiger partial charge in [-0.1, -0.05) is 19.6 Å². The number of hydrogen-bond donors (Lipinski definition) is 0. The number of aromatic nitrogens is 1. The number of nitrogens with zero attached hydrogens (tertiary/aromatic N) is 3. The first-order valence-electron chi connectivity index (χ1n) is 8.74. The maximum absolute atomic E-state index is 14.2. The van der Waals surface area contributed by atoms with E-state index in [0.29, 0.717) is 11.5 Å². The van der Waals surface area contributed by atoms with E-state index in [9.17, 15) is 4.39 Å². The fraction of sp³-hybridized carbons (Fsp3) is 0.476. The normalized spacial score (nSPS) is 19.6. The Morgan fingerprint density at radius 3 is 2.56 bits per heavy atom. The van der Waals surface area contributed by atoms with Gasteiger partial charge in [-0.15, -0.1) is 0 Å². The molecule has 0 amide bonds. The summed E-state index contributed by atoms with van der Waals surface area (Å²) >= 11 is 0. The molecule has 0 N–H and O–H groups in total. The van der Waals surface area contributed by atoms with Crippen LogP contribution in [-0.4, -0.2) is 42.0 Å². The fourth-order valence-electron chi connectivity index (χ4n) is 3.16. The largest absolute Gasteiger partial charge is 0.376 e. The molecule has 1 aromatic heterocycles. The molecule has 0 saturated heterocycles. The lowest BCUT2D eigenvalue weighted by Gasteiger charge is -2.22. The molecule has 1 aliphatic heterocycles. The molecule has 0 saturated carbocycles. The highest BCUT2D eigenvalue weighted by atomic mass is 19.1. The van der Waals surface area contributed by atoms with Crippen molar-refractivity contribution in [3.63, 3.8) is 0 Å². The Morgan fingerprint density at radius 1 is 1.28 bits per heavy atom. The Bertz CT molecular complexity index is 697. The summed E-state index contributed by atoms with van der Waals surface area (Å²) in [4.78, 5) is 8.75. The number of allylic oxidation sites excluding steroid dienone is 4. The van der Waals surface area contributed by atoms with Gasteiger partial charge in [0, 0.05) is 50.8 Å². The topological polar surface area (TPSA) is 19.4 Å². The molecule has 2 heterocycles. The second-order valence-corrected chi connectivity index (χ2v) is 7.63. The van der Waals surface area contributed by atoms with Crippen molar-refractivity contribution in [2.75, 3.05) is 27.2 Å². The second-order valence-electron chi connectivity index (χ2n) is 7.63. The van der Waals surface area contributed by atoms with Gasteiger partial charge >= 0.3 is 0 Å². The van der Waals surface area contributed by atoms with Gasteiger partial charge < -0.3 is 9.80 Å². The van der Waals surface area contributed by atoms with E-state index in [4.69, 9.17) is 0 Å². The van der Waals surface area contributed by atoms with Crippen molar-refractivity contribution >= 4 is 5.57 Å². The summed E-state index contributed by atoms with van der Waals surface area (Å²) in [5.74, 6) is 0.603. The lowest BCUT2D eigenvalue weighted by Crippen LogP contribution is -2.24. The van der Waals surface area contributed by atoms with Crippen molar-refractivity contribution in [2.24, 2.45) is 5.92 Å². The molecule has 25 heavy (non-hydrogen) atoms. The zero-order chi connectivity index (χ0) is 18.8. The van der Waals surface area contributed by atoms with E-state index in [-0.39, 0.29) is 0 Å². The third kappa shape index (κ3) is 4.71. The molecular weight excluding hydrogens is 313 g/mol. The molecule has 1 aromatic rings. The average Bonchev–Trinajstić information content (AvgIpc) is 2.61. The molecule has 3 nitrogen and oxygen atoms in total. The van der Waals surface area contributed by atoms with Crippen LogP contribution in [0.25, 0.3) is 5.57 Å². The minimum atomic E-state index is -1.41. The van der Waals surface area contributed by atoms with Crippen molar-refractivity contribution < 1.29 is 4.39 Å². The van der Waals surface area contributed by atoms with Crippen molar-refractivity contribution in [1.29, 1.82) is 0 Å². The van der Waals surface area contributed by atoms with Crippen LogP contribution < -0.4 is 0 Å². The Morgan fingerprint density at radius 2 is 1.92 bits per heavy atom. The smallest absolute Gasteiger partial charge is 0.131 e. The highest BCUT2D eigenvalue weighted by molar-refractivity contribution is 5.72. The highest BCUT2D eigenvalue weighted by Gasteiger charge is 2.20. The molecular formula is C21H30FN3. The SMILES string of the molecule is C=C(/C=C\C1=C(C)N(C)C[C@H](C)CN1C)c1cncc(C(C)(C)F)c1. The van der Waals surface area contributed by atoms with E-state index < -0.39 is 5.67 Å². The van der Waals surface area contributed by atoms with Crippen LogP contribution in [-0.2, 0) is 5.67 Å². The van der Waals surface area contributed by atoms with Gasteiger partial charge in [0.2, 0.25) is 0 Å². The molecule has 1 aliphatic rings. The quantitative estimate of drug-likeness (QED) is 0.745. The predicted octanol–water partition coefficient (Wildman–Crippen LogP) is 4.60. The summed E-state index contributed by atoms with van der Waals surface area (Å²) in [6.07, 6.45) is 7.39. The lowest BCUT2D eigenvalue weighted by molar-refractivity contribution is 0.221. The minimum Gasteiger partial charge on any atom is -0.376 e. The van der Waals surface area contributed by atoms with Crippen molar-refractivity contribution in [2.45, 2.75) is 33.4 Å². The zero-order valence-corrected chi connectivity index (χ0v) is 16.3. The van der Waals surface area contributed by atoms with Crippen LogP contribution in [0.5, 0.6) is 0 Å². The number of hydrogen-bond acceptors (Lipinski definition) is 3. The van der Waals surface area contributed by atoms with Crippen LogP contribution >= 0.6 is 0 Å². The van der Waals surface area contributed by atoms with Crippen molar-refractivity contribution in [3.8, 4) is 0 Å². The van der Waals surface area contributed by atoms with E-state index >= 15 is 0 Å². The predicted molar refractivity (Wildman–Crippen MR) is 104 cm³/mol. The van der Waals surface area contributed by atoms with E-state index in [2.05, 4.69) is 55.4 Å². The molecule has 0 fully saturated rings. The Balaban J connectivity index is 2.26. The van der Waals surface area contributed by atoms with Gasteiger partial charge in [0.05, 0.1) is 5.70 Å². The number of pyridine rings is 1. The highest BCUT2D eigenvalue weighted by Crippen LogP contribution is 2.27. The van der Waals surface area contributed by atoms with E-state index in [0.717, 1.165) is 24.2 Å². The average molecular weight is 343 g/mol. The molecule has 0 radical (unpaired) electrons. The van der Waals surface area contributed by atoms with Crippen molar-refractivity contribution in [1.82, 2.24) is 14.8 Å². The monoisotopic (exact) mass is 343 g/mol. The summed E-state index contributed by atoms with van der Waals surface area (Å²) in [6.45, 7) is 13.7. The van der Waals surface area contributed by atoms with Crippen LogP contribution in [0.3, 0.4) is 0 Å². The molecule has 0 bridgehead atoms. The molecule has 0 aromatic carbocycles. The van der Waals surface area contributed by atoms with Gasteiger partial charge in [-0.3, -0.25) is 4.98 Å². The first kappa shape index (κ1) is 19.2. The molecule has 136 valence electrons. The number of likely N-dealkylation sites (N-methyl/N-ethyl adjacent to an activating group) is 1. The molecule has 4 heteroatoms. The zero-order valence-electron chi connectivity index (χ0n) is 16.3. The van der Waals surface area contributed by atoms with E-state index in [1.807, 2.05) is 12.1 Å². The number of rotatable bonds is 4. The summed E-state index contributed by atoms with van der Waals surface area (Å²) in [6, 6.07) is 1.83. The molecule has 0 spiro atoms. The summed E-state index contributed by atoms with van der Waals surface area (Å²) in [5, 5.41) is 0. The molecule has 2 rings (SSSR count). The number of alkyl halides is 1. The van der Waals surface area contributed by atoms with Gasteiger partial charge in [-0.2, -0.15) is 0 Å². The summed E-state index contributed by atoms with van der Waals surface area (Å²) in [7, 11) is 4.25. The molecule has 0 unspecified atom stereocenters. The van der Waals surface area contributed by atoms with Crippen LogP contribution in [0.15, 0.2) is 48.6 Å². The minimum absolute atomic E-state index is 0.565. The lowest BCUT2D eigenvalue weighted by atomic mass is 9.98. The van der Waals surface area contributed by atoms with Crippen LogP contribution in [0, 0.1) is 5.92 Å². The first-order valence-corrected chi connectivity index (χ1v) is 8.74. The van der Waals surface area contributed by atoms with Gasteiger partial charge in [0.1, 0.15) is 5.67 Å². The third-order valence-corrected chi connectivity index (χ3v) is 4.76. The van der Waals surface area contributed by atoms with Gasteiger partial charge in [-0.05, 0) is 50.0 Å². The summed E-state index contributed by atoms with van der Waals surface area (Å²) < 4.78 is 14.2. The van der Waals surface area contributed by atoms with Crippen LogP contribution in [0.4, 0.5) is 4.39 Å². The van der Waals surface area contributed by atoms with Gasteiger partial charge in [-0.25, -0.2) is 4.39 Å². The first-order chi connectivity index (χ1) is 11.6. The third-order valence-electron chi connectivity index (χ3n) is 4.76. The Hall–Kier alpha value is -2.10. The van der Waals surface area contributed by atoms with Crippen molar-refractivity contribution in [3.05, 3.63) is 59.7 Å². The fourth-order valence-corrected chi connectivity index (χ4v) is 3.16. The Kier molecular flexibility index (Phi) is 5.71. The number of halogens is 1. The second kappa shape index (κ2) is 7.42. The maximum Gasteiger partial charge on any atom is 0.131 e. The summed E-state index contributed by atoms with van der Waals surface area (Å²) in [5.41, 5.74) is 3.25. The van der Waals surface area contributed by atoms with Crippen LogP contribution in [0.2, 0.25) is 0 Å². The van der Waals surface area contributed by atoms with Crippen LogP contribution in [0.1, 0.15) is 38.8 Å². The van der Waals surface area contributed by atoms with Gasteiger partial charge in [0.25, 0.3) is 0 Å². The molecule has 1 atom stereocenters. The van der Waals surface area contributed by atoms with Gasteiger partial charge in [0.15, 0.2) is 0 Å². The molecule has 0 aliphatic carbocycles. The van der Waals surface area contributed by atoms with E-state index in [1.165, 1.54) is 25.2 Å². The maximum atomic E-state index is 14.2. The standard InChI is InChI=1S/C21H30FN3/c1-15-13-24(6)17(3)20(25(7)14-15)9-8-16(2)18-10-19(12-23-11-18)21(4,5)22/h8-12,15H,2,13-14H2,1,3-7H3/b9-8-/t15-/m0/s1. The van der Waals surface area contributed by atoms with E-state index in [1.54, 1.807) is 12.4 Å². The Labute approximate surface area is 151 Å².